The van der Waals surface area contributed by atoms with E-state index in [0.29, 0.717) is 57.8 Å². The molecule has 0 radical (unpaired) electrons. The van der Waals surface area contributed by atoms with Crippen molar-refractivity contribution in [3.8, 4) is 5.75 Å². The monoisotopic (exact) mass is 486 g/mol. The Morgan fingerprint density at radius 1 is 0.903 bits per heavy atom. The molecule has 4 rings (SSSR count). The Morgan fingerprint density at radius 2 is 1.48 bits per heavy atom. The summed E-state index contributed by atoms with van der Waals surface area (Å²) in [6, 6.07) is 15.2. The van der Waals surface area contributed by atoms with Crippen molar-refractivity contribution in [1.29, 1.82) is 0 Å². The van der Waals surface area contributed by atoms with Crippen LogP contribution < -0.4 is 4.74 Å². The maximum atomic E-state index is 13.7. The normalized spacial score (nSPS) is 18.5. The third-order valence-corrected chi connectivity index (χ3v) is 6.87. The fourth-order valence-corrected chi connectivity index (χ4v) is 4.71. The van der Waals surface area contributed by atoms with Crippen molar-refractivity contribution >= 4 is 27.7 Å². The minimum atomic E-state index is -0.554. The van der Waals surface area contributed by atoms with Crippen LogP contribution in [0.4, 0.5) is 0 Å². The van der Waals surface area contributed by atoms with Crippen LogP contribution in [0.3, 0.4) is 0 Å². The van der Waals surface area contributed by atoms with E-state index in [1.165, 1.54) is 0 Å². The predicted octanol–water partition coefficient (Wildman–Crippen LogP) is 3.49. The van der Waals surface area contributed by atoms with Crippen LogP contribution in [0.1, 0.15) is 28.8 Å². The van der Waals surface area contributed by atoms with Crippen molar-refractivity contribution in [2.75, 3.05) is 46.5 Å². The summed E-state index contributed by atoms with van der Waals surface area (Å²) in [4.78, 5) is 30.3. The first-order chi connectivity index (χ1) is 15.0. The Hall–Kier alpha value is -2.38. The first-order valence-corrected chi connectivity index (χ1v) is 11.4. The van der Waals surface area contributed by atoms with Crippen LogP contribution in [-0.2, 0) is 14.9 Å². The molecule has 0 spiro atoms. The molecule has 2 aliphatic heterocycles. The van der Waals surface area contributed by atoms with Crippen LogP contribution in [0, 0.1) is 0 Å². The highest BCUT2D eigenvalue weighted by Crippen LogP contribution is 2.37. The van der Waals surface area contributed by atoms with Gasteiger partial charge in [-0.1, -0.05) is 28.1 Å². The van der Waals surface area contributed by atoms with Crippen molar-refractivity contribution < 1.29 is 19.1 Å². The molecule has 7 heteroatoms. The van der Waals surface area contributed by atoms with E-state index in [1.807, 2.05) is 34.1 Å². The van der Waals surface area contributed by atoms with E-state index in [2.05, 4.69) is 15.9 Å². The second-order valence-electron chi connectivity index (χ2n) is 8.01. The topological polar surface area (TPSA) is 59.1 Å². The van der Waals surface area contributed by atoms with Crippen LogP contribution in [0.25, 0.3) is 0 Å². The van der Waals surface area contributed by atoms with Crippen LogP contribution in [0.2, 0.25) is 0 Å². The number of carbonyl (C=O) groups is 2. The molecule has 0 N–H and O–H groups in total. The first kappa shape index (κ1) is 21.8. The zero-order chi connectivity index (χ0) is 21.8. The molecule has 0 unspecified atom stereocenters. The average Bonchev–Trinajstić information content (AvgIpc) is 2.84. The van der Waals surface area contributed by atoms with Crippen molar-refractivity contribution in [2.24, 2.45) is 0 Å². The SMILES string of the molecule is COc1ccc(C(=O)N2CCN(C(=O)C3(c4ccc(Br)cc4)CCOCC3)CC2)cc1. The molecule has 2 amide bonds. The fourth-order valence-electron chi connectivity index (χ4n) is 4.45. The van der Waals surface area contributed by atoms with E-state index in [1.54, 1.807) is 31.4 Å². The molecule has 2 fully saturated rings. The highest BCUT2D eigenvalue weighted by molar-refractivity contribution is 9.10. The van der Waals surface area contributed by atoms with Gasteiger partial charge in [-0.2, -0.15) is 0 Å². The molecule has 2 aliphatic rings. The fraction of sp³-hybridized carbons (Fsp3) is 0.417. The molecule has 0 aromatic heterocycles. The summed E-state index contributed by atoms with van der Waals surface area (Å²) in [5, 5.41) is 0. The molecular formula is C24H27BrN2O4. The summed E-state index contributed by atoms with van der Waals surface area (Å²) in [5.74, 6) is 0.861. The van der Waals surface area contributed by atoms with Crippen molar-refractivity contribution in [1.82, 2.24) is 9.80 Å². The van der Waals surface area contributed by atoms with Gasteiger partial charge in [-0.25, -0.2) is 0 Å². The largest absolute Gasteiger partial charge is 0.497 e. The number of nitrogens with zero attached hydrogens (tertiary/aromatic N) is 2. The van der Waals surface area contributed by atoms with Gasteiger partial charge in [0, 0.05) is 49.4 Å². The number of piperazine rings is 1. The van der Waals surface area contributed by atoms with Gasteiger partial charge in [-0.3, -0.25) is 9.59 Å². The highest BCUT2D eigenvalue weighted by atomic mass is 79.9. The zero-order valence-corrected chi connectivity index (χ0v) is 19.3. The van der Waals surface area contributed by atoms with Crippen molar-refractivity contribution in [3.05, 3.63) is 64.1 Å². The molecule has 0 saturated carbocycles. The maximum Gasteiger partial charge on any atom is 0.253 e. The van der Waals surface area contributed by atoms with Gasteiger partial charge in [0.15, 0.2) is 0 Å². The smallest absolute Gasteiger partial charge is 0.253 e. The van der Waals surface area contributed by atoms with Gasteiger partial charge in [0.1, 0.15) is 5.75 Å². The van der Waals surface area contributed by atoms with Crippen molar-refractivity contribution in [3.63, 3.8) is 0 Å². The van der Waals surface area contributed by atoms with E-state index in [4.69, 9.17) is 9.47 Å². The molecule has 31 heavy (non-hydrogen) atoms. The molecule has 0 atom stereocenters. The number of amides is 2. The number of carbonyl (C=O) groups excluding carboxylic acids is 2. The Bertz CT molecular complexity index is 916. The standard InChI is InChI=1S/C24H27BrN2O4/c1-30-21-8-2-18(3-9-21)22(28)26-12-14-27(15-13-26)23(29)24(10-16-31-17-11-24)19-4-6-20(25)7-5-19/h2-9H,10-17H2,1H3. The van der Waals surface area contributed by atoms with Gasteiger partial charge in [-0.15, -0.1) is 0 Å². The van der Waals surface area contributed by atoms with Gasteiger partial charge in [-0.05, 0) is 54.8 Å². The molecule has 164 valence electrons. The minimum absolute atomic E-state index is 0.0107. The second kappa shape index (κ2) is 9.40. The van der Waals surface area contributed by atoms with Gasteiger partial charge >= 0.3 is 0 Å². The number of rotatable bonds is 4. The summed E-state index contributed by atoms with van der Waals surface area (Å²) in [7, 11) is 1.60. The lowest BCUT2D eigenvalue weighted by atomic mass is 9.73. The quantitative estimate of drug-likeness (QED) is 0.663. The van der Waals surface area contributed by atoms with Gasteiger partial charge in [0.05, 0.1) is 12.5 Å². The molecular weight excluding hydrogens is 460 g/mol. The molecule has 2 heterocycles. The van der Waals surface area contributed by atoms with E-state index in [-0.39, 0.29) is 11.8 Å². The minimum Gasteiger partial charge on any atom is -0.497 e. The van der Waals surface area contributed by atoms with Crippen LogP contribution >= 0.6 is 15.9 Å². The van der Waals surface area contributed by atoms with Crippen LogP contribution in [-0.4, -0.2) is 68.1 Å². The van der Waals surface area contributed by atoms with E-state index in [9.17, 15) is 9.59 Å². The number of hydrogen-bond acceptors (Lipinski definition) is 4. The Labute approximate surface area is 191 Å². The van der Waals surface area contributed by atoms with E-state index in [0.717, 1.165) is 15.8 Å². The highest BCUT2D eigenvalue weighted by Gasteiger charge is 2.44. The number of methoxy groups -OCH3 is 1. The summed E-state index contributed by atoms with van der Waals surface area (Å²) in [6.07, 6.45) is 1.36. The molecule has 2 aromatic carbocycles. The third-order valence-electron chi connectivity index (χ3n) is 6.34. The summed E-state index contributed by atoms with van der Waals surface area (Å²) < 4.78 is 11.7. The number of hydrogen-bond donors (Lipinski definition) is 0. The molecule has 6 nitrogen and oxygen atoms in total. The van der Waals surface area contributed by atoms with Gasteiger partial charge < -0.3 is 19.3 Å². The summed E-state index contributed by atoms with van der Waals surface area (Å²) >= 11 is 3.48. The molecule has 0 aliphatic carbocycles. The maximum absolute atomic E-state index is 13.7. The summed E-state index contributed by atoms with van der Waals surface area (Å²) in [5.41, 5.74) is 1.12. The lowest BCUT2D eigenvalue weighted by molar-refractivity contribution is -0.142. The molecule has 0 bridgehead atoms. The van der Waals surface area contributed by atoms with Gasteiger partial charge in [0.2, 0.25) is 5.91 Å². The lowest BCUT2D eigenvalue weighted by Crippen LogP contribution is -2.56. The van der Waals surface area contributed by atoms with Crippen molar-refractivity contribution in [2.45, 2.75) is 18.3 Å². The molecule has 2 aromatic rings. The number of benzene rings is 2. The predicted molar refractivity (Wildman–Crippen MR) is 121 cm³/mol. The van der Waals surface area contributed by atoms with E-state index < -0.39 is 5.41 Å². The van der Waals surface area contributed by atoms with Crippen LogP contribution in [0.15, 0.2) is 53.0 Å². The van der Waals surface area contributed by atoms with Gasteiger partial charge in [0.25, 0.3) is 5.91 Å². The lowest BCUT2D eigenvalue weighted by Gasteiger charge is -2.43. The Kier molecular flexibility index (Phi) is 6.62. The third kappa shape index (κ3) is 4.48. The number of halogens is 1. The second-order valence-corrected chi connectivity index (χ2v) is 8.93. The molecule has 2 saturated heterocycles. The Morgan fingerprint density at radius 3 is 2.06 bits per heavy atom. The van der Waals surface area contributed by atoms with Crippen LogP contribution in [0.5, 0.6) is 5.75 Å². The Balaban J connectivity index is 1.45. The average molecular weight is 487 g/mol. The number of ether oxygens (including phenoxy) is 2. The summed E-state index contributed by atoms with van der Waals surface area (Å²) in [6.45, 7) is 3.31. The zero-order valence-electron chi connectivity index (χ0n) is 17.7. The first-order valence-electron chi connectivity index (χ1n) is 10.6. The van der Waals surface area contributed by atoms with E-state index >= 15 is 0 Å².